The van der Waals surface area contributed by atoms with E-state index in [2.05, 4.69) is 67.0 Å². The van der Waals surface area contributed by atoms with Crippen LogP contribution in [-0.2, 0) is 25.9 Å². The van der Waals surface area contributed by atoms with Gasteiger partial charge in [0, 0.05) is 10.0 Å². The first kappa shape index (κ1) is 19.1. The molecular formula is C22H29BrO. The predicted molar refractivity (Wildman–Crippen MR) is 107 cm³/mol. The molecule has 2 aromatic rings. The van der Waals surface area contributed by atoms with Gasteiger partial charge in [-0.05, 0) is 42.0 Å². The normalized spacial score (nSPS) is 10.8. The number of rotatable bonds is 9. The molecule has 0 radical (unpaired) electrons. The number of hydrogen-bond donors (Lipinski definition) is 0. The summed E-state index contributed by atoms with van der Waals surface area (Å²) in [6.45, 7) is 7.34. The average molecular weight is 389 g/mol. The van der Waals surface area contributed by atoms with Crippen LogP contribution >= 0.6 is 15.9 Å². The molecule has 0 aromatic heterocycles. The molecule has 0 aliphatic rings. The molecule has 0 bridgehead atoms. The van der Waals surface area contributed by atoms with E-state index in [1.54, 1.807) is 0 Å². The van der Waals surface area contributed by atoms with E-state index in [0.29, 0.717) is 6.61 Å². The molecule has 0 spiro atoms. The highest BCUT2D eigenvalue weighted by Gasteiger charge is 2.12. The minimum absolute atomic E-state index is 0.613. The Balaban J connectivity index is 2.32. The standard InChI is InChI=1S/C22H29BrO/c1-4-9-17-14-18(10-5-2)22(19(15-17)11-6-3)24-16-20-12-7-8-13-21(20)23/h7-8,12-15H,4-6,9-11,16H2,1-3H3. The molecule has 2 rings (SSSR count). The summed E-state index contributed by atoms with van der Waals surface area (Å²) >= 11 is 3.62. The fraction of sp³-hybridized carbons (Fsp3) is 0.455. The summed E-state index contributed by atoms with van der Waals surface area (Å²) in [5, 5.41) is 0. The maximum Gasteiger partial charge on any atom is 0.126 e. The fourth-order valence-corrected chi connectivity index (χ4v) is 3.52. The van der Waals surface area contributed by atoms with Gasteiger partial charge in [0.1, 0.15) is 12.4 Å². The van der Waals surface area contributed by atoms with Gasteiger partial charge in [-0.3, -0.25) is 0 Å². The van der Waals surface area contributed by atoms with E-state index in [1.165, 1.54) is 28.7 Å². The van der Waals surface area contributed by atoms with Crippen molar-refractivity contribution in [3.63, 3.8) is 0 Å². The van der Waals surface area contributed by atoms with E-state index in [1.807, 2.05) is 6.07 Å². The molecule has 0 N–H and O–H groups in total. The van der Waals surface area contributed by atoms with Crippen molar-refractivity contribution >= 4 is 15.9 Å². The van der Waals surface area contributed by atoms with E-state index < -0.39 is 0 Å². The molecule has 0 atom stereocenters. The molecule has 24 heavy (non-hydrogen) atoms. The summed E-state index contributed by atoms with van der Waals surface area (Å²) in [6.07, 6.45) is 6.80. The topological polar surface area (TPSA) is 9.23 Å². The van der Waals surface area contributed by atoms with Crippen LogP contribution in [0.5, 0.6) is 5.75 Å². The first-order valence-electron chi connectivity index (χ1n) is 9.20. The van der Waals surface area contributed by atoms with Gasteiger partial charge in [-0.25, -0.2) is 0 Å². The summed E-state index contributed by atoms with van der Waals surface area (Å²) in [5.41, 5.74) is 5.40. The highest BCUT2D eigenvalue weighted by Crippen LogP contribution is 2.30. The molecule has 0 saturated carbocycles. The molecule has 0 heterocycles. The minimum Gasteiger partial charge on any atom is -0.488 e. The van der Waals surface area contributed by atoms with Gasteiger partial charge in [0.2, 0.25) is 0 Å². The Morgan fingerprint density at radius 3 is 1.92 bits per heavy atom. The smallest absolute Gasteiger partial charge is 0.126 e. The Labute approximate surface area is 155 Å². The zero-order chi connectivity index (χ0) is 17.4. The third kappa shape index (κ3) is 5.11. The van der Waals surface area contributed by atoms with Crippen molar-refractivity contribution in [1.29, 1.82) is 0 Å². The van der Waals surface area contributed by atoms with Gasteiger partial charge in [-0.2, -0.15) is 0 Å². The third-order valence-corrected chi connectivity index (χ3v) is 4.98. The first-order valence-corrected chi connectivity index (χ1v) is 9.99. The number of ether oxygens (including phenoxy) is 1. The maximum atomic E-state index is 6.34. The van der Waals surface area contributed by atoms with Crippen molar-refractivity contribution in [3.05, 3.63) is 63.1 Å². The number of benzene rings is 2. The number of halogens is 1. The van der Waals surface area contributed by atoms with Gasteiger partial charge in [-0.1, -0.05) is 86.3 Å². The summed E-state index contributed by atoms with van der Waals surface area (Å²) in [5.74, 6) is 1.12. The van der Waals surface area contributed by atoms with E-state index in [9.17, 15) is 0 Å². The van der Waals surface area contributed by atoms with Crippen LogP contribution in [0.3, 0.4) is 0 Å². The molecular weight excluding hydrogens is 360 g/mol. The van der Waals surface area contributed by atoms with Crippen molar-refractivity contribution in [2.45, 2.75) is 65.9 Å². The van der Waals surface area contributed by atoms with E-state index in [-0.39, 0.29) is 0 Å². The second-order valence-corrected chi connectivity index (χ2v) is 7.23. The largest absolute Gasteiger partial charge is 0.488 e. The molecule has 2 aromatic carbocycles. The molecule has 130 valence electrons. The average Bonchev–Trinajstić information content (AvgIpc) is 2.56. The first-order chi connectivity index (χ1) is 11.7. The highest BCUT2D eigenvalue weighted by molar-refractivity contribution is 9.10. The summed E-state index contributed by atoms with van der Waals surface area (Å²) in [4.78, 5) is 0. The lowest BCUT2D eigenvalue weighted by Gasteiger charge is -2.18. The molecule has 0 aliphatic carbocycles. The second-order valence-electron chi connectivity index (χ2n) is 6.37. The van der Waals surface area contributed by atoms with Crippen molar-refractivity contribution in [3.8, 4) is 5.75 Å². The van der Waals surface area contributed by atoms with Crippen molar-refractivity contribution in [2.24, 2.45) is 0 Å². The maximum absolute atomic E-state index is 6.34. The van der Waals surface area contributed by atoms with Gasteiger partial charge in [-0.15, -0.1) is 0 Å². The Hall–Kier alpha value is -1.28. The lowest BCUT2D eigenvalue weighted by Crippen LogP contribution is -2.04. The van der Waals surface area contributed by atoms with Gasteiger partial charge >= 0.3 is 0 Å². The van der Waals surface area contributed by atoms with Crippen LogP contribution in [0, 0.1) is 0 Å². The van der Waals surface area contributed by atoms with Crippen LogP contribution in [0.1, 0.15) is 62.3 Å². The van der Waals surface area contributed by atoms with Gasteiger partial charge in [0.15, 0.2) is 0 Å². The monoisotopic (exact) mass is 388 g/mol. The zero-order valence-corrected chi connectivity index (χ0v) is 16.8. The minimum atomic E-state index is 0.613. The molecule has 0 fully saturated rings. The quantitative estimate of drug-likeness (QED) is 0.454. The van der Waals surface area contributed by atoms with Crippen LogP contribution < -0.4 is 4.74 Å². The molecule has 0 unspecified atom stereocenters. The molecule has 0 amide bonds. The van der Waals surface area contributed by atoms with Gasteiger partial charge in [0.05, 0.1) is 0 Å². The Morgan fingerprint density at radius 1 is 0.792 bits per heavy atom. The van der Waals surface area contributed by atoms with Crippen molar-refractivity contribution in [1.82, 2.24) is 0 Å². The second kappa shape index (κ2) is 9.88. The summed E-state index contributed by atoms with van der Waals surface area (Å²) in [6, 6.07) is 13.0. The Kier molecular flexibility index (Phi) is 7.84. The predicted octanol–water partition coefficient (Wildman–Crippen LogP) is 6.89. The van der Waals surface area contributed by atoms with Crippen molar-refractivity contribution in [2.75, 3.05) is 0 Å². The lowest BCUT2D eigenvalue weighted by molar-refractivity contribution is 0.298. The van der Waals surface area contributed by atoms with Crippen LogP contribution in [0.25, 0.3) is 0 Å². The van der Waals surface area contributed by atoms with Gasteiger partial charge in [0.25, 0.3) is 0 Å². The number of aryl methyl sites for hydroxylation is 3. The van der Waals surface area contributed by atoms with Crippen LogP contribution in [0.15, 0.2) is 40.9 Å². The van der Waals surface area contributed by atoms with E-state index in [0.717, 1.165) is 42.3 Å². The van der Waals surface area contributed by atoms with Crippen LogP contribution in [-0.4, -0.2) is 0 Å². The van der Waals surface area contributed by atoms with Crippen molar-refractivity contribution < 1.29 is 4.74 Å². The number of hydrogen-bond acceptors (Lipinski definition) is 1. The third-order valence-electron chi connectivity index (χ3n) is 4.21. The lowest BCUT2D eigenvalue weighted by atomic mass is 9.96. The highest BCUT2D eigenvalue weighted by atomic mass is 79.9. The van der Waals surface area contributed by atoms with Gasteiger partial charge < -0.3 is 4.74 Å². The Bertz CT molecular complexity index is 621. The summed E-state index contributed by atoms with van der Waals surface area (Å²) < 4.78 is 7.46. The summed E-state index contributed by atoms with van der Waals surface area (Å²) in [7, 11) is 0. The molecule has 1 nitrogen and oxygen atoms in total. The SMILES string of the molecule is CCCc1cc(CCC)c(OCc2ccccc2Br)c(CCC)c1. The Morgan fingerprint density at radius 2 is 1.38 bits per heavy atom. The van der Waals surface area contributed by atoms with E-state index >= 15 is 0 Å². The zero-order valence-electron chi connectivity index (χ0n) is 15.2. The van der Waals surface area contributed by atoms with Crippen LogP contribution in [0.4, 0.5) is 0 Å². The van der Waals surface area contributed by atoms with Crippen LogP contribution in [0.2, 0.25) is 0 Å². The molecule has 0 aliphatic heterocycles. The molecule has 2 heteroatoms. The molecule has 0 saturated heterocycles. The fourth-order valence-electron chi connectivity index (χ4n) is 3.12. The van der Waals surface area contributed by atoms with E-state index in [4.69, 9.17) is 4.74 Å².